The molecule has 1 amide bonds. The molecule has 0 atom stereocenters. The summed E-state index contributed by atoms with van der Waals surface area (Å²) in [5.74, 6) is -1.01. The number of ether oxygens (including phenoxy) is 1. The van der Waals surface area contributed by atoms with Gasteiger partial charge in [-0.05, 0) is 11.6 Å². The highest BCUT2D eigenvalue weighted by molar-refractivity contribution is 5.91. The van der Waals surface area contributed by atoms with Gasteiger partial charge in [0, 0.05) is 25.2 Å². The molecule has 1 heterocycles. The van der Waals surface area contributed by atoms with Crippen molar-refractivity contribution in [3.63, 3.8) is 0 Å². The van der Waals surface area contributed by atoms with Gasteiger partial charge >= 0.3 is 0 Å². The molecular formula is C21H18FNO4. The Morgan fingerprint density at radius 1 is 1.11 bits per heavy atom. The van der Waals surface area contributed by atoms with E-state index in [1.54, 1.807) is 25.2 Å². The Morgan fingerprint density at radius 2 is 1.81 bits per heavy atom. The van der Waals surface area contributed by atoms with E-state index in [0.29, 0.717) is 12.1 Å². The smallest absolute Gasteiger partial charge is 0.289 e. The van der Waals surface area contributed by atoms with Gasteiger partial charge in [-0.25, -0.2) is 4.39 Å². The summed E-state index contributed by atoms with van der Waals surface area (Å²) < 4.78 is 24.2. The third-order valence-corrected chi connectivity index (χ3v) is 3.96. The van der Waals surface area contributed by atoms with Gasteiger partial charge in [-0.3, -0.25) is 9.59 Å². The lowest BCUT2D eigenvalue weighted by Crippen LogP contribution is -2.27. The van der Waals surface area contributed by atoms with Crippen LogP contribution in [-0.4, -0.2) is 17.9 Å². The molecule has 0 saturated carbocycles. The molecule has 1 aromatic heterocycles. The van der Waals surface area contributed by atoms with E-state index in [1.807, 2.05) is 30.3 Å². The summed E-state index contributed by atoms with van der Waals surface area (Å²) in [4.78, 5) is 26.1. The average molecular weight is 367 g/mol. The summed E-state index contributed by atoms with van der Waals surface area (Å²) in [6, 6.07) is 16.7. The second-order valence-electron chi connectivity index (χ2n) is 6.00. The van der Waals surface area contributed by atoms with E-state index < -0.39 is 17.2 Å². The molecule has 0 bridgehead atoms. The predicted octanol–water partition coefficient (Wildman–Crippen LogP) is 3.63. The fraction of sp³-hybridized carbons (Fsp3) is 0.143. The minimum atomic E-state index is -0.506. The average Bonchev–Trinajstić information content (AvgIpc) is 2.68. The van der Waals surface area contributed by atoms with Crippen LogP contribution in [0.5, 0.6) is 5.75 Å². The van der Waals surface area contributed by atoms with Crippen molar-refractivity contribution in [1.29, 1.82) is 0 Å². The van der Waals surface area contributed by atoms with Crippen LogP contribution in [0.1, 0.15) is 21.7 Å². The van der Waals surface area contributed by atoms with Crippen LogP contribution in [0.25, 0.3) is 0 Å². The molecule has 138 valence electrons. The summed E-state index contributed by atoms with van der Waals surface area (Å²) in [7, 11) is 1.62. The van der Waals surface area contributed by atoms with Gasteiger partial charge < -0.3 is 14.1 Å². The molecule has 3 rings (SSSR count). The van der Waals surface area contributed by atoms with Crippen molar-refractivity contribution in [3.05, 3.63) is 99.9 Å². The Balaban J connectivity index is 1.67. The van der Waals surface area contributed by atoms with Crippen molar-refractivity contribution >= 4 is 5.91 Å². The van der Waals surface area contributed by atoms with Crippen molar-refractivity contribution in [2.24, 2.45) is 0 Å². The number of benzene rings is 2. The Morgan fingerprint density at radius 3 is 2.52 bits per heavy atom. The minimum absolute atomic E-state index is 0.0829. The van der Waals surface area contributed by atoms with Crippen LogP contribution < -0.4 is 10.2 Å². The quantitative estimate of drug-likeness (QED) is 0.668. The third kappa shape index (κ3) is 4.61. The van der Waals surface area contributed by atoms with Crippen molar-refractivity contribution in [3.8, 4) is 5.75 Å². The lowest BCUT2D eigenvalue weighted by atomic mass is 10.2. The molecule has 27 heavy (non-hydrogen) atoms. The van der Waals surface area contributed by atoms with E-state index in [2.05, 4.69) is 0 Å². The summed E-state index contributed by atoms with van der Waals surface area (Å²) in [5, 5.41) is 0. The second-order valence-corrected chi connectivity index (χ2v) is 6.00. The van der Waals surface area contributed by atoms with Crippen LogP contribution >= 0.6 is 0 Å². The van der Waals surface area contributed by atoms with Gasteiger partial charge in [-0.15, -0.1) is 0 Å². The van der Waals surface area contributed by atoms with E-state index >= 15 is 0 Å². The monoisotopic (exact) mass is 367 g/mol. The molecule has 5 nitrogen and oxygen atoms in total. The van der Waals surface area contributed by atoms with Gasteiger partial charge in [0.2, 0.25) is 11.2 Å². The first-order valence-corrected chi connectivity index (χ1v) is 8.33. The molecule has 0 saturated heterocycles. The summed E-state index contributed by atoms with van der Waals surface area (Å²) >= 11 is 0. The predicted molar refractivity (Wildman–Crippen MR) is 97.9 cm³/mol. The van der Waals surface area contributed by atoms with Gasteiger partial charge in [0.25, 0.3) is 5.91 Å². The van der Waals surface area contributed by atoms with Crippen LogP contribution in [-0.2, 0) is 13.2 Å². The largest absolute Gasteiger partial charge is 0.482 e. The third-order valence-electron chi connectivity index (χ3n) is 3.96. The van der Waals surface area contributed by atoms with Crippen LogP contribution in [0, 0.1) is 5.82 Å². The number of hydrogen-bond donors (Lipinski definition) is 0. The van der Waals surface area contributed by atoms with Gasteiger partial charge in [0.15, 0.2) is 5.76 Å². The summed E-state index contributed by atoms with van der Waals surface area (Å²) in [5.41, 5.74) is 0.772. The number of hydrogen-bond acceptors (Lipinski definition) is 4. The number of carbonyl (C=O) groups is 1. The Labute approximate surface area is 155 Å². The van der Waals surface area contributed by atoms with Crippen LogP contribution in [0.3, 0.4) is 0 Å². The summed E-state index contributed by atoms with van der Waals surface area (Å²) in [6.45, 7) is 0.271. The maximum absolute atomic E-state index is 13.6. The van der Waals surface area contributed by atoms with E-state index in [9.17, 15) is 14.0 Å². The number of carbonyl (C=O) groups excluding carboxylic acids is 1. The normalized spacial score (nSPS) is 10.4. The van der Waals surface area contributed by atoms with Crippen molar-refractivity contribution in [2.75, 3.05) is 7.05 Å². The van der Waals surface area contributed by atoms with E-state index in [-0.39, 0.29) is 18.1 Å². The van der Waals surface area contributed by atoms with E-state index in [4.69, 9.17) is 9.15 Å². The van der Waals surface area contributed by atoms with Gasteiger partial charge in [-0.1, -0.05) is 48.5 Å². The standard InChI is InChI=1S/C21H18FNO4/c1-23(12-15-7-3-2-4-8-15)21(25)19-11-18(24)20(14-27-19)26-13-16-9-5-6-10-17(16)22/h2-11,14H,12-13H2,1H3. The second kappa shape index (κ2) is 8.31. The highest BCUT2D eigenvalue weighted by Crippen LogP contribution is 2.13. The number of rotatable bonds is 6. The lowest BCUT2D eigenvalue weighted by Gasteiger charge is -2.16. The van der Waals surface area contributed by atoms with Crippen LogP contribution in [0.4, 0.5) is 4.39 Å². The zero-order chi connectivity index (χ0) is 19.2. The first kappa shape index (κ1) is 18.4. The minimum Gasteiger partial charge on any atom is -0.482 e. The molecular weight excluding hydrogens is 349 g/mol. The molecule has 0 aliphatic carbocycles. The number of amides is 1. The SMILES string of the molecule is CN(Cc1ccccc1)C(=O)c1cc(=O)c(OCc2ccccc2F)co1. The first-order chi connectivity index (χ1) is 13.0. The number of nitrogens with zero attached hydrogens (tertiary/aromatic N) is 1. The molecule has 0 N–H and O–H groups in total. The number of halogens is 1. The van der Waals surface area contributed by atoms with Crippen molar-refractivity contribution < 1.29 is 18.3 Å². The van der Waals surface area contributed by atoms with E-state index in [0.717, 1.165) is 17.9 Å². The zero-order valence-corrected chi connectivity index (χ0v) is 14.7. The molecule has 0 spiro atoms. The molecule has 0 unspecified atom stereocenters. The highest BCUT2D eigenvalue weighted by atomic mass is 19.1. The topological polar surface area (TPSA) is 59.8 Å². The van der Waals surface area contributed by atoms with Crippen molar-refractivity contribution in [1.82, 2.24) is 4.90 Å². The molecule has 0 fully saturated rings. The van der Waals surface area contributed by atoms with Gasteiger partial charge in [-0.2, -0.15) is 0 Å². The molecule has 0 aliphatic rings. The molecule has 6 heteroatoms. The first-order valence-electron chi connectivity index (χ1n) is 8.33. The zero-order valence-electron chi connectivity index (χ0n) is 14.7. The van der Waals surface area contributed by atoms with Gasteiger partial charge in [0.1, 0.15) is 18.7 Å². The Bertz CT molecular complexity index is 985. The summed E-state index contributed by atoms with van der Waals surface area (Å²) in [6.07, 6.45) is 1.08. The Kier molecular flexibility index (Phi) is 5.66. The maximum Gasteiger partial charge on any atom is 0.289 e. The van der Waals surface area contributed by atoms with Crippen molar-refractivity contribution in [2.45, 2.75) is 13.2 Å². The van der Waals surface area contributed by atoms with Crippen LogP contribution in [0.2, 0.25) is 0 Å². The highest BCUT2D eigenvalue weighted by Gasteiger charge is 2.17. The maximum atomic E-state index is 13.6. The fourth-order valence-electron chi connectivity index (χ4n) is 2.50. The molecule has 0 radical (unpaired) electrons. The molecule has 2 aromatic carbocycles. The fourth-order valence-corrected chi connectivity index (χ4v) is 2.50. The lowest BCUT2D eigenvalue weighted by molar-refractivity contribution is 0.0749. The van der Waals surface area contributed by atoms with Gasteiger partial charge in [0.05, 0.1) is 0 Å². The Hall–Kier alpha value is -3.41. The van der Waals surface area contributed by atoms with Crippen LogP contribution in [0.15, 0.2) is 76.1 Å². The van der Waals surface area contributed by atoms with E-state index in [1.165, 1.54) is 11.0 Å². The molecule has 0 aliphatic heterocycles. The molecule has 3 aromatic rings.